The van der Waals surface area contributed by atoms with Crippen LogP contribution in [0.1, 0.15) is 33.3 Å². The summed E-state index contributed by atoms with van der Waals surface area (Å²) in [4.78, 5) is 16.2. The van der Waals surface area contributed by atoms with Gasteiger partial charge in [0.05, 0.1) is 0 Å². The van der Waals surface area contributed by atoms with E-state index >= 15 is 0 Å². The van der Waals surface area contributed by atoms with Gasteiger partial charge in [-0.3, -0.25) is 4.90 Å². The third-order valence-corrected chi connectivity index (χ3v) is 4.46. The number of anilines is 1. The molecule has 1 aliphatic rings. The Balaban J connectivity index is 1.83. The lowest BCUT2D eigenvalue weighted by molar-refractivity contribution is 0.000322. The molecule has 1 saturated heterocycles. The van der Waals surface area contributed by atoms with Gasteiger partial charge in [0.2, 0.25) is 6.43 Å². The second-order valence-corrected chi connectivity index (χ2v) is 8.13. The largest absolute Gasteiger partial charge is 0.492 e. The molecule has 6 nitrogen and oxygen atoms in total. The van der Waals surface area contributed by atoms with Crippen LogP contribution in [0.5, 0.6) is 5.75 Å². The molecule has 1 aromatic carbocycles. The van der Waals surface area contributed by atoms with Crippen molar-refractivity contribution in [1.29, 1.82) is 0 Å². The summed E-state index contributed by atoms with van der Waals surface area (Å²) in [6.07, 6.45) is -3.13. The van der Waals surface area contributed by atoms with Crippen LogP contribution in [0.4, 0.5) is 19.3 Å². The highest BCUT2D eigenvalue weighted by molar-refractivity contribution is 5.68. The van der Waals surface area contributed by atoms with Crippen molar-refractivity contribution in [2.75, 3.05) is 38.5 Å². The lowest BCUT2D eigenvalue weighted by atomic mass is 10.1. The number of nitrogens with two attached hydrogens (primary N) is 1. The van der Waals surface area contributed by atoms with Gasteiger partial charge < -0.3 is 20.1 Å². The number of alkyl halides is 2. The second-order valence-electron chi connectivity index (χ2n) is 8.13. The Morgan fingerprint density at radius 1 is 1.32 bits per heavy atom. The zero-order valence-electron chi connectivity index (χ0n) is 17.1. The molecule has 1 atom stereocenters. The monoisotopic (exact) mass is 399 g/mol. The smallest absolute Gasteiger partial charge is 0.410 e. The van der Waals surface area contributed by atoms with E-state index in [-0.39, 0.29) is 18.6 Å². The normalized spacial score (nSPS) is 18.4. The van der Waals surface area contributed by atoms with Gasteiger partial charge in [-0.1, -0.05) is 0 Å². The third kappa shape index (κ3) is 6.82. The van der Waals surface area contributed by atoms with Crippen LogP contribution < -0.4 is 10.5 Å². The first-order valence-corrected chi connectivity index (χ1v) is 9.56. The molecule has 2 rings (SSSR count). The lowest BCUT2D eigenvalue weighted by Crippen LogP contribution is -2.55. The molecular formula is C20H31F2N3O3. The topological polar surface area (TPSA) is 68.0 Å². The van der Waals surface area contributed by atoms with Crippen molar-refractivity contribution in [2.24, 2.45) is 0 Å². The zero-order chi connectivity index (χ0) is 20.9. The number of piperazine rings is 1. The molecule has 28 heavy (non-hydrogen) atoms. The Bertz CT molecular complexity index is 665. The maximum Gasteiger partial charge on any atom is 0.410 e. The number of hydrogen-bond donors (Lipinski definition) is 1. The molecule has 0 radical (unpaired) electrons. The quantitative estimate of drug-likeness (QED) is 0.743. The molecule has 0 unspecified atom stereocenters. The number of nitrogens with zero attached hydrogens (tertiary/aromatic N) is 2. The van der Waals surface area contributed by atoms with Crippen molar-refractivity contribution in [2.45, 2.75) is 52.2 Å². The van der Waals surface area contributed by atoms with Crippen molar-refractivity contribution in [3.8, 4) is 5.75 Å². The van der Waals surface area contributed by atoms with Crippen LogP contribution in [0.2, 0.25) is 0 Å². The highest BCUT2D eigenvalue weighted by Gasteiger charge is 2.30. The molecule has 0 spiro atoms. The van der Waals surface area contributed by atoms with Crippen molar-refractivity contribution in [3.05, 3.63) is 23.8 Å². The van der Waals surface area contributed by atoms with Crippen molar-refractivity contribution >= 4 is 11.8 Å². The molecule has 1 fully saturated rings. The van der Waals surface area contributed by atoms with E-state index in [2.05, 4.69) is 4.90 Å². The molecule has 8 heteroatoms. The van der Waals surface area contributed by atoms with Crippen molar-refractivity contribution in [3.63, 3.8) is 0 Å². The summed E-state index contributed by atoms with van der Waals surface area (Å²) in [6, 6.07) is 4.83. The van der Waals surface area contributed by atoms with E-state index in [0.717, 1.165) is 0 Å². The number of ether oxygens (including phenoxy) is 2. The summed E-state index contributed by atoms with van der Waals surface area (Å²) in [5.74, 6) is 0.440. The summed E-state index contributed by atoms with van der Waals surface area (Å²) in [5, 5.41) is 0. The number of carbonyl (C=O) groups is 1. The first kappa shape index (κ1) is 22.2. The minimum atomic E-state index is -2.45. The molecule has 1 aromatic rings. The number of hydrogen-bond acceptors (Lipinski definition) is 5. The summed E-state index contributed by atoms with van der Waals surface area (Å²) in [5.41, 5.74) is 6.03. The summed E-state index contributed by atoms with van der Waals surface area (Å²) < 4.78 is 36.7. The molecule has 0 aromatic heterocycles. The van der Waals surface area contributed by atoms with Crippen LogP contribution in [0.3, 0.4) is 0 Å². The second kappa shape index (κ2) is 9.41. The minimum absolute atomic E-state index is 0.0227. The molecule has 1 heterocycles. The Morgan fingerprint density at radius 2 is 2.04 bits per heavy atom. The lowest BCUT2D eigenvalue weighted by Gasteiger charge is -2.40. The predicted octanol–water partition coefficient (Wildman–Crippen LogP) is 3.40. The van der Waals surface area contributed by atoms with E-state index in [1.54, 1.807) is 17.0 Å². The van der Waals surface area contributed by atoms with E-state index in [4.69, 9.17) is 15.2 Å². The van der Waals surface area contributed by atoms with Crippen LogP contribution >= 0.6 is 0 Å². The summed E-state index contributed by atoms with van der Waals surface area (Å²) in [7, 11) is 0. The fraction of sp³-hybridized carbons (Fsp3) is 0.650. The molecular weight excluding hydrogens is 368 g/mol. The summed E-state index contributed by atoms with van der Waals surface area (Å²) >= 11 is 0. The van der Waals surface area contributed by atoms with E-state index in [0.29, 0.717) is 49.8 Å². The highest BCUT2D eigenvalue weighted by atomic mass is 19.3. The number of carbonyl (C=O) groups excluding carboxylic acids is 1. The average Bonchev–Trinajstić information content (AvgIpc) is 2.54. The Hall–Kier alpha value is -2.09. The van der Waals surface area contributed by atoms with E-state index in [1.165, 1.54) is 6.07 Å². The van der Waals surface area contributed by atoms with E-state index in [9.17, 15) is 13.6 Å². The van der Waals surface area contributed by atoms with Gasteiger partial charge in [0.25, 0.3) is 0 Å². The predicted molar refractivity (Wildman–Crippen MR) is 105 cm³/mol. The van der Waals surface area contributed by atoms with Gasteiger partial charge >= 0.3 is 6.09 Å². The Labute approximate surface area is 165 Å². The van der Waals surface area contributed by atoms with Crippen molar-refractivity contribution < 1.29 is 23.0 Å². The molecule has 0 bridgehead atoms. The van der Waals surface area contributed by atoms with Crippen LogP contribution in [0.25, 0.3) is 0 Å². The van der Waals surface area contributed by atoms with Crippen LogP contribution in [0.15, 0.2) is 18.2 Å². The fourth-order valence-corrected chi connectivity index (χ4v) is 3.18. The minimum Gasteiger partial charge on any atom is -0.492 e. The van der Waals surface area contributed by atoms with Crippen LogP contribution in [0, 0.1) is 0 Å². The van der Waals surface area contributed by atoms with Gasteiger partial charge in [0, 0.05) is 49.9 Å². The van der Waals surface area contributed by atoms with Gasteiger partial charge in [-0.25, -0.2) is 13.6 Å². The molecule has 1 amide bonds. The maximum absolute atomic E-state index is 12.7. The number of amides is 1. The molecule has 158 valence electrons. The van der Waals surface area contributed by atoms with Crippen LogP contribution in [-0.2, 0) is 11.2 Å². The molecule has 2 N–H and O–H groups in total. The standard InChI is InChI=1S/C20H31F2N3O3/c1-14-13-24(7-8-25(14)19(26)28-20(2,3)4)9-10-27-17-6-5-16(23)11-15(17)12-18(21)22/h5-6,11,14,18H,7-10,12-13,23H2,1-4H3/t14-/m1/s1. The number of benzene rings is 1. The number of halogens is 2. The molecule has 0 saturated carbocycles. The van der Waals surface area contributed by atoms with Gasteiger partial charge in [0.1, 0.15) is 18.0 Å². The highest BCUT2D eigenvalue weighted by Crippen LogP contribution is 2.24. The van der Waals surface area contributed by atoms with Gasteiger partial charge in [-0.2, -0.15) is 0 Å². The zero-order valence-corrected chi connectivity index (χ0v) is 17.1. The number of nitrogen functional groups attached to an aromatic ring is 1. The summed E-state index contributed by atoms with van der Waals surface area (Å²) in [6.45, 7) is 10.5. The third-order valence-electron chi connectivity index (χ3n) is 4.46. The van der Waals surface area contributed by atoms with E-state index < -0.39 is 12.0 Å². The van der Waals surface area contributed by atoms with Gasteiger partial charge in [0.15, 0.2) is 0 Å². The first-order chi connectivity index (χ1) is 13.0. The van der Waals surface area contributed by atoms with Gasteiger partial charge in [-0.15, -0.1) is 0 Å². The average molecular weight is 399 g/mol. The maximum atomic E-state index is 12.7. The number of rotatable bonds is 6. The SMILES string of the molecule is C[C@@H]1CN(CCOc2ccc(N)cc2CC(F)F)CCN1C(=O)OC(C)(C)C. The first-order valence-electron chi connectivity index (χ1n) is 9.56. The van der Waals surface area contributed by atoms with E-state index in [1.807, 2.05) is 27.7 Å². The Kier molecular flexibility index (Phi) is 7.46. The van der Waals surface area contributed by atoms with Crippen LogP contribution in [-0.4, -0.2) is 66.7 Å². The van der Waals surface area contributed by atoms with Crippen molar-refractivity contribution in [1.82, 2.24) is 9.80 Å². The Morgan fingerprint density at radius 3 is 2.64 bits per heavy atom. The molecule has 1 aliphatic heterocycles. The molecule has 0 aliphatic carbocycles. The van der Waals surface area contributed by atoms with Gasteiger partial charge in [-0.05, 0) is 45.9 Å². The fourth-order valence-electron chi connectivity index (χ4n) is 3.18.